The van der Waals surface area contributed by atoms with Crippen LogP contribution in [0.2, 0.25) is 0 Å². The van der Waals surface area contributed by atoms with E-state index < -0.39 is 11.9 Å². The number of esters is 1. The van der Waals surface area contributed by atoms with E-state index in [2.05, 4.69) is 5.32 Å². The summed E-state index contributed by atoms with van der Waals surface area (Å²) in [6.45, 7) is 1.69. The van der Waals surface area contributed by atoms with Crippen LogP contribution in [0.4, 0.5) is 0 Å². The molecule has 0 fully saturated rings. The molecule has 116 valence electrons. The Bertz CT molecular complexity index is 649. The summed E-state index contributed by atoms with van der Waals surface area (Å²) in [5, 5.41) is 2.59. The Morgan fingerprint density at radius 1 is 1.27 bits per heavy atom. The summed E-state index contributed by atoms with van der Waals surface area (Å²) < 4.78 is 15.1. The standard InChI is InChI=1S/C16H17NO5/c1-11-8-12(20-2)5-6-14(11)16(19)22-10-15(18)17-9-13-4-3-7-21-13/h3-8H,9-10H2,1-2H3,(H,17,18). The van der Waals surface area contributed by atoms with Gasteiger partial charge in [-0.25, -0.2) is 4.79 Å². The van der Waals surface area contributed by atoms with Crippen molar-refractivity contribution < 1.29 is 23.5 Å². The van der Waals surface area contributed by atoms with Crippen molar-refractivity contribution in [3.05, 3.63) is 53.5 Å². The van der Waals surface area contributed by atoms with Crippen molar-refractivity contribution in [3.8, 4) is 5.75 Å². The molecule has 0 atom stereocenters. The van der Waals surface area contributed by atoms with Crippen LogP contribution in [0.25, 0.3) is 0 Å². The predicted octanol–water partition coefficient (Wildman–Crippen LogP) is 2.07. The Kier molecular flexibility index (Phi) is 5.19. The highest BCUT2D eigenvalue weighted by molar-refractivity contribution is 5.92. The van der Waals surface area contributed by atoms with Gasteiger partial charge in [-0.1, -0.05) is 0 Å². The summed E-state index contributed by atoms with van der Waals surface area (Å²) >= 11 is 0. The highest BCUT2D eigenvalue weighted by Crippen LogP contribution is 2.17. The average Bonchev–Trinajstić information content (AvgIpc) is 3.03. The minimum absolute atomic E-state index is 0.255. The fraction of sp³-hybridized carbons (Fsp3) is 0.250. The van der Waals surface area contributed by atoms with E-state index in [1.165, 1.54) is 6.26 Å². The van der Waals surface area contributed by atoms with E-state index in [-0.39, 0.29) is 13.2 Å². The molecule has 0 aliphatic carbocycles. The Labute approximate surface area is 128 Å². The number of hydrogen-bond donors (Lipinski definition) is 1. The third-order valence-corrected chi connectivity index (χ3v) is 3.03. The molecular weight excluding hydrogens is 286 g/mol. The van der Waals surface area contributed by atoms with Crippen molar-refractivity contribution in [2.45, 2.75) is 13.5 Å². The number of rotatable bonds is 6. The van der Waals surface area contributed by atoms with Crippen molar-refractivity contribution in [1.29, 1.82) is 0 Å². The molecule has 6 nitrogen and oxygen atoms in total. The van der Waals surface area contributed by atoms with Gasteiger partial charge in [-0.05, 0) is 42.8 Å². The number of amides is 1. The van der Waals surface area contributed by atoms with Crippen LogP contribution in [0.5, 0.6) is 5.75 Å². The first kappa shape index (κ1) is 15.6. The van der Waals surface area contributed by atoms with Gasteiger partial charge in [-0.2, -0.15) is 0 Å². The molecule has 1 N–H and O–H groups in total. The van der Waals surface area contributed by atoms with E-state index >= 15 is 0 Å². The van der Waals surface area contributed by atoms with Crippen LogP contribution in [0.15, 0.2) is 41.0 Å². The van der Waals surface area contributed by atoms with Crippen LogP contribution in [-0.4, -0.2) is 25.6 Å². The van der Waals surface area contributed by atoms with Gasteiger partial charge in [0.1, 0.15) is 11.5 Å². The number of nitrogens with one attached hydrogen (secondary N) is 1. The molecule has 0 saturated carbocycles. The van der Waals surface area contributed by atoms with Crippen molar-refractivity contribution in [2.75, 3.05) is 13.7 Å². The molecule has 0 bridgehead atoms. The number of carbonyl (C=O) groups is 2. The van der Waals surface area contributed by atoms with Crippen LogP contribution >= 0.6 is 0 Å². The average molecular weight is 303 g/mol. The van der Waals surface area contributed by atoms with Gasteiger partial charge in [0.25, 0.3) is 5.91 Å². The molecular formula is C16H17NO5. The second kappa shape index (κ2) is 7.31. The number of aryl methyl sites for hydroxylation is 1. The van der Waals surface area contributed by atoms with Gasteiger partial charge in [-0.15, -0.1) is 0 Å². The Morgan fingerprint density at radius 2 is 2.09 bits per heavy atom. The maximum atomic E-state index is 11.9. The predicted molar refractivity (Wildman–Crippen MR) is 78.6 cm³/mol. The molecule has 1 heterocycles. The van der Waals surface area contributed by atoms with Crippen LogP contribution in [0, 0.1) is 6.92 Å². The molecule has 1 aromatic carbocycles. The summed E-state index contributed by atoms with van der Waals surface area (Å²) in [6, 6.07) is 8.48. The SMILES string of the molecule is COc1ccc(C(=O)OCC(=O)NCc2ccco2)c(C)c1. The third-order valence-electron chi connectivity index (χ3n) is 3.03. The van der Waals surface area contributed by atoms with Crippen molar-refractivity contribution in [2.24, 2.45) is 0 Å². The fourth-order valence-electron chi connectivity index (χ4n) is 1.85. The fourth-order valence-corrected chi connectivity index (χ4v) is 1.85. The second-order valence-corrected chi connectivity index (χ2v) is 4.61. The first-order chi connectivity index (χ1) is 10.6. The number of ether oxygens (including phenoxy) is 2. The first-order valence-electron chi connectivity index (χ1n) is 6.71. The van der Waals surface area contributed by atoms with E-state index in [1.54, 1.807) is 44.4 Å². The normalized spacial score (nSPS) is 10.1. The van der Waals surface area contributed by atoms with Gasteiger partial charge < -0.3 is 19.2 Å². The van der Waals surface area contributed by atoms with E-state index in [1.807, 2.05) is 0 Å². The number of benzene rings is 1. The first-order valence-corrected chi connectivity index (χ1v) is 6.71. The quantitative estimate of drug-likeness (QED) is 0.827. The molecule has 0 spiro atoms. The van der Waals surface area contributed by atoms with Gasteiger partial charge >= 0.3 is 5.97 Å². The van der Waals surface area contributed by atoms with Gasteiger partial charge in [0, 0.05) is 0 Å². The Balaban J connectivity index is 1.83. The lowest BCUT2D eigenvalue weighted by Gasteiger charge is -2.08. The summed E-state index contributed by atoms with van der Waals surface area (Å²) in [6.07, 6.45) is 1.52. The van der Waals surface area contributed by atoms with Gasteiger partial charge in [-0.3, -0.25) is 4.79 Å². The highest BCUT2D eigenvalue weighted by atomic mass is 16.5. The Hall–Kier alpha value is -2.76. The lowest BCUT2D eigenvalue weighted by Crippen LogP contribution is -2.28. The van der Waals surface area contributed by atoms with Crippen LogP contribution in [0.1, 0.15) is 21.7 Å². The number of furan rings is 1. The van der Waals surface area contributed by atoms with E-state index in [4.69, 9.17) is 13.9 Å². The molecule has 1 amide bonds. The lowest BCUT2D eigenvalue weighted by atomic mass is 10.1. The Morgan fingerprint density at radius 3 is 2.73 bits per heavy atom. The minimum Gasteiger partial charge on any atom is -0.497 e. The monoisotopic (exact) mass is 303 g/mol. The molecule has 2 aromatic rings. The molecule has 0 radical (unpaired) electrons. The lowest BCUT2D eigenvalue weighted by molar-refractivity contribution is -0.124. The molecule has 0 saturated heterocycles. The van der Waals surface area contributed by atoms with Gasteiger partial charge in [0.15, 0.2) is 6.61 Å². The third kappa shape index (κ3) is 4.12. The molecule has 2 rings (SSSR count). The smallest absolute Gasteiger partial charge is 0.338 e. The van der Waals surface area contributed by atoms with E-state index in [0.29, 0.717) is 17.1 Å². The molecule has 0 unspecified atom stereocenters. The largest absolute Gasteiger partial charge is 0.497 e. The van der Waals surface area contributed by atoms with Gasteiger partial charge in [0.05, 0.1) is 25.5 Å². The van der Waals surface area contributed by atoms with E-state index in [0.717, 1.165) is 5.56 Å². The van der Waals surface area contributed by atoms with Crippen LogP contribution in [0.3, 0.4) is 0 Å². The molecule has 0 aliphatic heterocycles. The topological polar surface area (TPSA) is 77.8 Å². The van der Waals surface area contributed by atoms with Crippen molar-refractivity contribution in [1.82, 2.24) is 5.32 Å². The van der Waals surface area contributed by atoms with Crippen LogP contribution in [-0.2, 0) is 16.1 Å². The number of hydrogen-bond acceptors (Lipinski definition) is 5. The number of carbonyl (C=O) groups excluding carboxylic acids is 2. The maximum Gasteiger partial charge on any atom is 0.338 e. The van der Waals surface area contributed by atoms with Crippen molar-refractivity contribution in [3.63, 3.8) is 0 Å². The van der Waals surface area contributed by atoms with E-state index in [9.17, 15) is 9.59 Å². The zero-order chi connectivity index (χ0) is 15.9. The summed E-state index contributed by atoms with van der Waals surface area (Å²) in [5.41, 5.74) is 1.12. The number of methoxy groups -OCH3 is 1. The summed E-state index contributed by atoms with van der Waals surface area (Å²) in [4.78, 5) is 23.6. The zero-order valence-electron chi connectivity index (χ0n) is 12.4. The van der Waals surface area contributed by atoms with Crippen molar-refractivity contribution >= 4 is 11.9 Å². The summed E-state index contributed by atoms with van der Waals surface area (Å²) in [5.74, 6) is 0.347. The van der Waals surface area contributed by atoms with Crippen LogP contribution < -0.4 is 10.1 Å². The zero-order valence-corrected chi connectivity index (χ0v) is 12.4. The van der Waals surface area contributed by atoms with Gasteiger partial charge in [0.2, 0.25) is 0 Å². The second-order valence-electron chi connectivity index (χ2n) is 4.61. The highest BCUT2D eigenvalue weighted by Gasteiger charge is 2.13. The summed E-state index contributed by atoms with van der Waals surface area (Å²) in [7, 11) is 1.55. The molecule has 1 aromatic heterocycles. The molecule has 0 aliphatic rings. The minimum atomic E-state index is -0.548. The maximum absolute atomic E-state index is 11.9. The molecule has 6 heteroatoms. The molecule has 22 heavy (non-hydrogen) atoms.